The maximum atomic E-state index is 4.79. The van der Waals surface area contributed by atoms with Crippen LogP contribution in [-0.4, -0.2) is 15.0 Å². The third-order valence-electron chi connectivity index (χ3n) is 4.74. The molecule has 3 heteroatoms. The third kappa shape index (κ3) is 4.31. The van der Waals surface area contributed by atoms with Crippen molar-refractivity contribution in [2.75, 3.05) is 0 Å². The highest BCUT2D eigenvalue weighted by Crippen LogP contribution is 2.34. The maximum absolute atomic E-state index is 4.79. The summed E-state index contributed by atoms with van der Waals surface area (Å²) in [5, 5.41) is 0. The van der Waals surface area contributed by atoms with Crippen LogP contribution in [0.4, 0.5) is 0 Å². The second-order valence-corrected chi connectivity index (χ2v) is 6.79. The van der Waals surface area contributed by atoms with Gasteiger partial charge in [0.15, 0.2) is 5.65 Å². The molecule has 0 fully saturated rings. The molecular weight excluding hydrogens is 270 g/mol. The maximum Gasteiger partial charge on any atom is 0.177 e. The lowest BCUT2D eigenvalue weighted by Gasteiger charge is -2.27. The summed E-state index contributed by atoms with van der Waals surface area (Å²) in [6, 6.07) is 4.04. The first-order valence-corrected chi connectivity index (χ1v) is 9.01. The molecule has 2 rings (SSSR count). The molecule has 0 aliphatic carbocycles. The van der Waals surface area contributed by atoms with Crippen molar-refractivity contribution in [2.24, 2.45) is 0 Å². The minimum atomic E-state index is 0.156. The zero-order valence-corrected chi connectivity index (χ0v) is 14.5. The summed E-state index contributed by atoms with van der Waals surface area (Å²) in [7, 11) is 0. The summed E-state index contributed by atoms with van der Waals surface area (Å²) in [4.78, 5) is 12.7. The number of pyridine rings is 1. The van der Waals surface area contributed by atoms with Gasteiger partial charge in [-0.3, -0.25) is 0 Å². The number of fused-ring (bicyclic) bond motifs is 1. The van der Waals surface area contributed by atoms with Crippen LogP contribution in [0.1, 0.15) is 84.4 Å². The van der Waals surface area contributed by atoms with E-state index in [2.05, 4.69) is 36.8 Å². The van der Waals surface area contributed by atoms with E-state index in [0.29, 0.717) is 0 Å². The highest BCUT2D eigenvalue weighted by Gasteiger charge is 2.29. The van der Waals surface area contributed by atoms with Crippen LogP contribution in [-0.2, 0) is 5.41 Å². The van der Waals surface area contributed by atoms with Gasteiger partial charge in [0.05, 0.1) is 5.52 Å². The van der Waals surface area contributed by atoms with Crippen molar-refractivity contribution < 1.29 is 0 Å². The Hall–Kier alpha value is -1.38. The second-order valence-electron chi connectivity index (χ2n) is 6.79. The summed E-state index contributed by atoms with van der Waals surface area (Å²) in [5.74, 6) is 1.13. The molecule has 2 aromatic rings. The summed E-state index contributed by atoms with van der Waals surface area (Å²) in [5.41, 5.74) is 2.07. The average molecular weight is 301 g/mol. The van der Waals surface area contributed by atoms with Gasteiger partial charge in [-0.15, -0.1) is 0 Å². The van der Waals surface area contributed by atoms with Gasteiger partial charge >= 0.3 is 0 Å². The number of hydrogen-bond acceptors (Lipinski definition) is 2. The number of aromatic nitrogens is 3. The number of nitrogens with zero attached hydrogens (tertiary/aromatic N) is 2. The monoisotopic (exact) mass is 301 g/mol. The van der Waals surface area contributed by atoms with Crippen molar-refractivity contribution >= 4 is 11.2 Å². The molecule has 122 valence electrons. The number of unbranched alkanes of at least 4 members (excludes halogenated alkanes) is 5. The minimum absolute atomic E-state index is 0.156. The number of H-pyrrole nitrogens is 1. The highest BCUT2D eigenvalue weighted by atomic mass is 15.0. The van der Waals surface area contributed by atoms with E-state index in [9.17, 15) is 0 Å². The van der Waals surface area contributed by atoms with E-state index in [4.69, 9.17) is 4.98 Å². The van der Waals surface area contributed by atoms with Gasteiger partial charge in [0.25, 0.3) is 0 Å². The zero-order valence-electron chi connectivity index (χ0n) is 14.5. The fraction of sp³-hybridized carbons (Fsp3) is 0.684. The van der Waals surface area contributed by atoms with Crippen LogP contribution in [0.25, 0.3) is 11.2 Å². The van der Waals surface area contributed by atoms with Crippen molar-refractivity contribution in [2.45, 2.75) is 84.0 Å². The Morgan fingerprint density at radius 3 is 2.45 bits per heavy atom. The van der Waals surface area contributed by atoms with E-state index in [1.54, 1.807) is 0 Å². The van der Waals surface area contributed by atoms with E-state index < -0.39 is 0 Å². The van der Waals surface area contributed by atoms with Crippen molar-refractivity contribution in [1.82, 2.24) is 15.0 Å². The van der Waals surface area contributed by atoms with Crippen LogP contribution in [0.15, 0.2) is 18.3 Å². The Morgan fingerprint density at radius 1 is 1.00 bits per heavy atom. The molecule has 3 nitrogen and oxygen atoms in total. The molecule has 0 saturated heterocycles. The molecule has 0 aromatic carbocycles. The molecule has 0 bridgehead atoms. The SMILES string of the molecule is CCCCCCCC(C)(CCCC)c1nc2ncccc2[nH]1. The largest absolute Gasteiger partial charge is 0.340 e. The Morgan fingerprint density at radius 2 is 1.73 bits per heavy atom. The predicted molar refractivity (Wildman–Crippen MR) is 94.1 cm³/mol. The Kier molecular flexibility index (Phi) is 6.41. The van der Waals surface area contributed by atoms with Crippen molar-refractivity contribution in [1.29, 1.82) is 0 Å². The Bertz CT molecular complexity index is 528. The molecule has 0 amide bonds. The fourth-order valence-corrected chi connectivity index (χ4v) is 3.18. The molecule has 22 heavy (non-hydrogen) atoms. The minimum Gasteiger partial charge on any atom is -0.340 e. The van der Waals surface area contributed by atoms with E-state index in [1.165, 1.54) is 57.8 Å². The van der Waals surface area contributed by atoms with Gasteiger partial charge in [-0.25, -0.2) is 9.97 Å². The molecule has 2 aromatic heterocycles. The second kappa shape index (κ2) is 8.30. The first-order chi connectivity index (χ1) is 10.7. The lowest BCUT2D eigenvalue weighted by atomic mass is 9.79. The molecule has 0 saturated carbocycles. The van der Waals surface area contributed by atoms with E-state index in [-0.39, 0.29) is 5.41 Å². The van der Waals surface area contributed by atoms with Gasteiger partial charge in [0, 0.05) is 11.6 Å². The topological polar surface area (TPSA) is 41.6 Å². The van der Waals surface area contributed by atoms with Gasteiger partial charge in [-0.05, 0) is 25.0 Å². The Balaban J connectivity index is 2.09. The number of hydrogen-bond donors (Lipinski definition) is 1. The van der Waals surface area contributed by atoms with Gasteiger partial charge in [0.1, 0.15) is 5.82 Å². The normalized spacial score (nSPS) is 14.3. The van der Waals surface area contributed by atoms with E-state index >= 15 is 0 Å². The molecule has 0 aliphatic heterocycles. The van der Waals surface area contributed by atoms with Gasteiger partial charge in [-0.2, -0.15) is 0 Å². The van der Waals surface area contributed by atoms with Crippen molar-refractivity contribution in [3.05, 3.63) is 24.2 Å². The summed E-state index contributed by atoms with van der Waals surface area (Å²) >= 11 is 0. The molecule has 0 radical (unpaired) electrons. The van der Waals surface area contributed by atoms with Gasteiger partial charge in [0.2, 0.25) is 0 Å². The lowest BCUT2D eigenvalue weighted by molar-refractivity contribution is 0.352. The van der Waals surface area contributed by atoms with Gasteiger partial charge in [-0.1, -0.05) is 65.7 Å². The van der Waals surface area contributed by atoms with Gasteiger partial charge < -0.3 is 4.98 Å². The van der Waals surface area contributed by atoms with Crippen LogP contribution < -0.4 is 0 Å². The lowest BCUT2D eigenvalue weighted by Crippen LogP contribution is -2.23. The Labute approximate surface area is 135 Å². The number of nitrogens with one attached hydrogen (secondary N) is 1. The molecule has 0 aliphatic rings. The summed E-state index contributed by atoms with van der Waals surface area (Å²) in [6.45, 7) is 6.91. The summed E-state index contributed by atoms with van der Waals surface area (Å²) < 4.78 is 0. The van der Waals surface area contributed by atoms with E-state index in [0.717, 1.165) is 17.0 Å². The van der Waals surface area contributed by atoms with Crippen molar-refractivity contribution in [3.63, 3.8) is 0 Å². The molecule has 0 spiro atoms. The molecule has 1 unspecified atom stereocenters. The zero-order chi connectivity index (χ0) is 15.8. The standard InChI is InChI=1S/C19H31N3/c1-4-6-8-9-10-14-19(3,13-7-5-2)18-21-16-12-11-15-20-17(16)22-18/h11-12,15H,4-10,13-14H2,1-3H3,(H,20,21,22). The average Bonchev–Trinajstić information content (AvgIpc) is 2.97. The van der Waals surface area contributed by atoms with E-state index in [1.807, 2.05) is 12.3 Å². The highest BCUT2D eigenvalue weighted by molar-refractivity contribution is 5.70. The molecule has 2 heterocycles. The van der Waals surface area contributed by atoms with Crippen LogP contribution >= 0.6 is 0 Å². The van der Waals surface area contributed by atoms with Crippen LogP contribution in [0, 0.1) is 0 Å². The quantitative estimate of drug-likeness (QED) is 0.566. The predicted octanol–water partition coefficient (Wildman–Crippen LogP) is 5.77. The number of imidazole rings is 1. The third-order valence-corrected chi connectivity index (χ3v) is 4.74. The first-order valence-electron chi connectivity index (χ1n) is 9.01. The molecular formula is C19H31N3. The fourth-order valence-electron chi connectivity index (χ4n) is 3.18. The van der Waals surface area contributed by atoms with Crippen molar-refractivity contribution in [3.8, 4) is 0 Å². The number of aromatic amines is 1. The first kappa shape index (κ1) is 17.0. The van der Waals surface area contributed by atoms with Crippen LogP contribution in [0.5, 0.6) is 0 Å². The van der Waals surface area contributed by atoms with Crippen LogP contribution in [0.3, 0.4) is 0 Å². The molecule has 1 N–H and O–H groups in total. The summed E-state index contributed by atoms with van der Waals surface area (Å²) in [6.07, 6.45) is 13.4. The molecule has 1 atom stereocenters. The smallest absolute Gasteiger partial charge is 0.177 e. The van der Waals surface area contributed by atoms with Crippen LogP contribution in [0.2, 0.25) is 0 Å². The number of rotatable bonds is 10.